The number of aromatic nitrogens is 5. The SMILES string of the molecule is CB(O)n1ncc2cc(Nc3nc(-c4cccc(CC(=O)c5cccnc5)c4)nc4cc(C)c(OCCN(C)C)cc34)ccc21. The van der Waals surface area contributed by atoms with Gasteiger partial charge in [0.1, 0.15) is 18.2 Å². The first-order chi connectivity index (χ1) is 21.7. The van der Waals surface area contributed by atoms with Crippen molar-refractivity contribution in [2.45, 2.75) is 20.2 Å². The Kier molecular flexibility index (Phi) is 8.55. The molecule has 226 valence electrons. The Morgan fingerprint density at radius 1 is 1.04 bits per heavy atom. The second kappa shape index (κ2) is 12.9. The number of hydrogen-bond acceptors (Lipinski definition) is 9. The minimum absolute atomic E-state index is 0.00578. The van der Waals surface area contributed by atoms with Gasteiger partial charge < -0.3 is 20.0 Å². The lowest BCUT2D eigenvalue weighted by molar-refractivity contribution is 0.0992. The number of carbonyl (C=O) groups excluding carboxylic acids is 1. The van der Waals surface area contributed by atoms with E-state index in [1.807, 2.05) is 75.6 Å². The van der Waals surface area contributed by atoms with Crippen LogP contribution < -0.4 is 10.1 Å². The van der Waals surface area contributed by atoms with Crippen molar-refractivity contribution in [2.75, 3.05) is 32.6 Å². The number of rotatable bonds is 11. The van der Waals surface area contributed by atoms with Crippen LogP contribution in [0.4, 0.5) is 11.5 Å². The first-order valence-corrected chi connectivity index (χ1v) is 14.8. The molecule has 0 aliphatic carbocycles. The van der Waals surface area contributed by atoms with Crippen LogP contribution in [0.3, 0.4) is 0 Å². The van der Waals surface area contributed by atoms with Crippen LogP contribution in [0.5, 0.6) is 5.75 Å². The molecule has 0 aliphatic rings. The first-order valence-electron chi connectivity index (χ1n) is 14.8. The summed E-state index contributed by atoms with van der Waals surface area (Å²) in [5, 5.41) is 19.6. The van der Waals surface area contributed by atoms with E-state index in [0.717, 1.165) is 56.5 Å². The van der Waals surface area contributed by atoms with Gasteiger partial charge in [-0.1, -0.05) is 18.2 Å². The van der Waals surface area contributed by atoms with Gasteiger partial charge in [0, 0.05) is 52.9 Å². The summed E-state index contributed by atoms with van der Waals surface area (Å²) in [5.41, 5.74) is 5.61. The molecule has 0 saturated carbocycles. The van der Waals surface area contributed by atoms with Crippen molar-refractivity contribution in [3.05, 3.63) is 102 Å². The summed E-state index contributed by atoms with van der Waals surface area (Å²) in [5.74, 6) is 1.91. The summed E-state index contributed by atoms with van der Waals surface area (Å²) in [6.07, 6.45) is 5.21. The van der Waals surface area contributed by atoms with Crippen molar-refractivity contribution in [3.63, 3.8) is 0 Å². The lowest BCUT2D eigenvalue weighted by atomic mass is 9.89. The molecule has 3 heterocycles. The predicted molar refractivity (Wildman–Crippen MR) is 178 cm³/mol. The van der Waals surface area contributed by atoms with E-state index in [0.29, 0.717) is 23.8 Å². The third kappa shape index (κ3) is 6.69. The summed E-state index contributed by atoms with van der Waals surface area (Å²) in [4.78, 5) is 29.0. The molecule has 3 aromatic carbocycles. The molecule has 0 unspecified atom stereocenters. The number of ketones is 1. The Hall–Kier alpha value is -5.13. The zero-order valence-corrected chi connectivity index (χ0v) is 25.7. The van der Waals surface area contributed by atoms with Crippen LogP contribution in [-0.4, -0.2) is 74.6 Å². The van der Waals surface area contributed by atoms with Crippen LogP contribution in [0.25, 0.3) is 33.2 Å². The van der Waals surface area contributed by atoms with Crippen molar-refractivity contribution in [3.8, 4) is 17.1 Å². The van der Waals surface area contributed by atoms with Gasteiger partial charge in [-0.15, -0.1) is 0 Å². The van der Waals surface area contributed by atoms with E-state index in [-0.39, 0.29) is 12.2 Å². The standard InChI is InChI=1S/C34H34BN7O3/c1-22-15-29-28(19-32(22)45-14-13-41(3)4)34(38-27-10-11-30-26(18-27)21-37-42(30)35(2)44)40-33(39-29)24-8-5-7-23(16-24)17-31(43)25-9-6-12-36-20-25/h5-12,15-16,18-21,44H,13-14,17H2,1-4H3,(H,38,39,40). The number of nitrogens with zero attached hydrogens (tertiary/aromatic N) is 6. The van der Waals surface area contributed by atoms with E-state index in [4.69, 9.17) is 14.7 Å². The van der Waals surface area contributed by atoms with E-state index in [9.17, 15) is 9.82 Å². The molecule has 3 aromatic heterocycles. The molecular weight excluding hydrogens is 565 g/mol. The van der Waals surface area contributed by atoms with Gasteiger partial charge in [-0.05, 0) is 87.5 Å². The number of benzene rings is 3. The molecule has 0 radical (unpaired) electrons. The number of ether oxygens (including phenoxy) is 1. The second-order valence-corrected chi connectivity index (χ2v) is 11.3. The number of Topliss-reactive ketones (excluding diaryl/α,β-unsaturated/α-hetero) is 1. The van der Waals surface area contributed by atoms with Crippen LogP contribution in [-0.2, 0) is 6.42 Å². The summed E-state index contributed by atoms with van der Waals surface area (Å²) in [6, 6.07) is 21.1. The highest BCUT2D eigenvalue weighted by molar-refractivity contribution is 6.47. The number of pyridine rings is 1. The monoisotopic (exact) mass is 599 g/mol. The van der Waals surface area contributed by atoms with E-state index < -0.39 is 7.05 Å². The van der Waals surface area contributed by atoms with Gasteiger partial charge in [-0.3, -0.25) is 14.4 Å². The third-order valence-electron chi connectivity index (χ3n) is 7.53. The minimum atomic E-state index is -0.737. The van der Waals surface area contributed by atoms with Crippen LogP contribution in [0.2, 0.25) is 6.82 Å². The van der Waals surface area contributed by atoms with Crippen molar-refractivity contribution in [1.29, 1.82) is 0 Å². The second-order valence-electron chi connectivity index (χ2n) is 11.3. The molecule has 6 rings (SSSR count). The molecule has 11 heteroatoms. The lowest BCUT2D eigenvalue weighted by Crippen LogP contribution is -2.20. The van der Waals surface area contributed by atoms with Gasteiger partial charge in [-0.25, -0.2) is 9.97 Å². The molecule has 0 bridgehead atoms. The smallest absolute Gasteiger partial charge is 0.431 e. The minimum Gasteiger partial charge on any atom is -0.492 e. The van der Waals surface area contributed by atoms with Crippen LogP contribution in [0.15, 0.2) is 85.3 Å². The molecule has 6 aromatic rings. The molecule has 2 N–H and O–H groups in total. The number of likely N-dealkylation sites (N-methyl/N-ethyl adjacent to an activating group) is 1. The average Bonchev–Trinajstić information content (AvgIpc) is 3.45. The van der Waals surface area contributed by atoms with Crippen LogP contribution in [0.1, 0.15) is 21.5 Å². The molecule has 0 amide bonds. The maximum absolute atomic E-state index is 12.9. The molecule has 0 spiro atoms. The number of aryl methyl sites for hydroxylation is 1. The zero-order chi connectivity index (χ0) is 31.5. The number of carbonyl (C=O) groups is 1. The largest absolute Gasteiger partial charge is 0.492 e. The lowest BCUT2D eigenvalue weighted by Gasteiger charge is -2.16. The van der Waals surface area contributed by atoms with Crippen LogP contribution >= 0.6 is 0 Å². The highest BCUT2D eigenvalue weighted by Crippen LogP contribution is 2.33. The maximum atomic E-state index is 12.9. The predicted octanol–water partition coefficient (Wildman–Crippen LogP) is 5.42. The van der Waals surface area contributed by atoms with Gasteiger partial charge in [-0.2, -0.15) is 5.10 Å². The first kappa shape index (κ1) is 29.9. The molecule has 0 fully saturated rings. The fourth-order valence-electron chi connectivity index (χ4n) is 5.18. The molecule has 0 saturated heterocycles. The van der Waals surface area contributed by atoms with Crippen molar-refractivity contribution < 1.29 is 14.6 Å². The summed E-state index contributed by atoms with van der Waals surface area (Å²) < 4.78 is 7.72. The fourth-order valence-corrected chi connectivity index (χ4v) is 5.18. The van der Waals surface area contributed by atoms with Gasteiger partial charge >= 0.3 is 7.05 Å². The van der Waals surface area contributed by atoms with E-state index in [2.05, 4.69) is 20.3 Å². The van der Waals surface area contributed by atoms with E-state index >= 15 is 0 Å². The topological polar surface area (TPSA) is 118 Å². The average molecular weight is 600 g/mol. The molecular formula is C34H34BN7O3. The number of hydrogen-bond donors (Lipinski definition) is 2. The van der Waals surface area contributed by atoms with Crippen molar-refractivity contribution >= 4 is 46.1 Å². The van der Waals surface area contributed by atoms with Crippen molar-refractivity contribution in [1.82, 2.24) is 29.5 Å². The fraction of sp³-hybridized carbons (Fsp3) is 0.206. The number of fused-ring (bicyclic) bond motifs is 2. The van der Waals surface area contributed by atoms with E-state index in [1.54, 1.807) is 42.1 Å². The maximum Gasteiger partial charge on any atom is 0.431 e. The highest BCUT2D eigenvalue weighted by atomic mass is 16.5. The highest BCUT2D eigenvalue weighted by Gasteiger charge is 2.16. The Morgan fingerprint density at radius 3 is 2.69 bits per heavy atom. The Bertz CT molecular complexity index is 1990. The molecule has 45 heavy (non-hydrogen) atoms. The van der Waals surface area contributed by atoms with Crippen LogP contribution in [0, 0.1) is 6.92 Å². The number of anilines is 2. The Morgan fingerprint density at radius 2 is 1.91 bits per heavy atom. The van der Waals surface area contributed by atoms with Gasteiger partial charge in [0.05, 0.1) is 17.2 Å². The third-order valence-corrected chi connectivity index (χ3v) is 7.53. The van der Waals surface area contributed by atoms with Gasteiger partial charge in [0.15, 0.2) is 11.6 Å². The quantitative estimate of drug-likeness (QED) is 0.149. The van der Waals surface area contributed by atoms with E-state index in [1.165, 1.54) is 0 Å². The summed E-state index contributed by atoms with van der Waals surface area (Å²) in [7, 11) is 3.29. The van der Waals surface area contributed by atoms with Gasteiger partial charge in [0.25, 0.3) is 0 Å². The molecule has 10 nitrogen and oxygen atoms in total. The molecule has 0 aliphatic heterocycles. The Labute approximate surface area is 261 Å². The van der Waals surface area contributed by atoms with Gasteiger partial charge in [0.2, 0.25) is 0 Å². The Balaban J connectivity index is 1.39. The van der Waals surface area contributed by atoms with Crippen molar-refractivity contribution in [2.24, 2.45) is 0 Å². The number of nitrogens with one attached hydrogen (secondary N) is 1. The normalized spacial score (nSPS) is 11.3. The zero-order valence-electron chi connectivity index (χ0n) is 25.7. The summed E-state index contributed by atoms with van der Waals surface area (Å²) >= 11 is 0. The summed E-state index contributed by atoms with van der Waals surface area (Å²) in [6.45, 7) is 5.03. The molecule has 0 atom stereocenters.